The number of carbonyl (C=O) groups is 1. The summed E-state index contributed by atoms with van der Waals surface area (Å²) in [5.41, 5.74) is 1.04. The van der Waals surface area contributed by atoms with E-state index in [0.29, 0.717) is 17.5 Å². The zero-order chi connectivity index (χ0) is 13.1. The first-order chi connectivity index (χ1) is 8.11. The average molecular weight is 258 g/mol. The van der Waals surface area contributed by atoms with Gasteiger partial charge in [-0.15, -0.1) is 0 Å². The number of hydrogen-bond acceptors (Lipinski definition) is 2. The van der Waals surface area contributed by atoms with Crippen LogP contribution < -0.4 is 0 Å². The summed E-state index contributed by atoms with van der Waals surface area (Å²) in [6, 6.07) is 0. The minimum atomic E-state index is -0.864. The molecule has 0 aliphatic carbocycles. The van der Waals surface area contributed by atoms with E-state index in [9.17, 15) is 4.79 Å². The van der Waals surface area contributed by atoms with E-state index in [1.165, 1.54) is 19.3 Å². The summed E-state index contributed by atoms with van der Waals surface area (Å²) >= 11 is 0. The molecule has 1 N–H and O–H groups in total. The predicted molar refractivity (Wildman–Crippen MR) is 74.1 cm³/mol. The summed E-state index contributed by atoms with van der Waals surface area (Å²) in [5.74, 6) is -0.864. The van der Waals surface area contributed by atoms with Gasteiger partial charge in [0.15, 0.2) is 9.76 Å². The van der Waals surface area contributed by atoms with Gasteiger partial charge in [0.2, 0.25) is 0 Å². The van der Waals surface area contributed by atoms with Gasteiger partial charge >= 0.3 is 5.97 Å². The molecule has 0 aliphatic rings. The molecule has 0 aliphatic heterocycles. The Morgan fingerprint density at radius 3 is 2.53 bits per heavy atom. The van der Waals surface area contributed by atoms with Crippen LogP contribution in [-0.2, 0) is 9.22 Å². The standard InChI is InChI=1S/C13H26O3Si/c1-4-6-9-12(17-16-5-2)10-7-8-11(3)13(14)15/h12H,3-10,17H2,1-2H3,(H,14,15). The summed E-state index contributed by atoms with van der Waals surface area (Å²) in [7, 11) is -0.436. The molecule has 1 unspecified atom stereocenters. The quantitative estimate of drug-likeness (QED) is 0.458. The Hall–Kier alpha value is -0.613. The highest BCUT2D eigenvalue weighted by Crippen LogP contribution is 2.22. The molecular formula is C13H26O3Si. The van der Waals surface area contributed by atoms with Crippen LogP contribution in [0.1, 0.15) is 52.4 Å². The number of hydrogen-bond donors (Lipinski definition) is 1. The van der Waals surface area contributed by atoms with Crippen LogP contribution in [0.5, 0.6) is 0 Å². The lowest BCUT2D eigenvalue weighted by Gasteiger charge is -2.15. The predicted octanol–water partition coefficient (Wildman–Crippen LogP) is 2.90. The van der Waals surface area contributed by atoms with Crippen molar-refractivity contribution < 1.29 is 14.3 Å². The summed E-state index contributed by atoms with van der Waals surface area (Å²) in [4.78, 5) is 10.6. The molecule has 0 saturated heterocycles. The number of rotatable bonds is 11. The molecule has 1 atom stereocenters. The molecule has 0 rings (SSSR count). The van der Waals surface area contributed by atoms with Crippen molar-refractivity contribution in [1.29, 1.82) is 0 Å². The summed E-state index contributed by atoms with van der Waals surface area (Å²) in [6.45, 7) is 8.61. The normalized spacial score (nSPS) is 13.1. The number of carboxylic acids is 1. The first kappa shape index (κ1) is 16.4. The first-order valence-electron chi connectivity index (χ1n) is 6.60. The van der Waals surface area contributed by atoms with Crippen molar-refractivity contribution in [3.8, 4) is 0 Å². The summed E-state index contributed by atoms with van der Waals surface area (Å²) in [5, 5.41) is 8.71. The van der Waals surface area contributed by atoms with Gasteiger partial charge < -0.3 is 9.53 Å². The number of carboxylic acid groups (broad SMARTS) is 1. The largest absolute Gasteiger partial charge is 0.478 e. The Balaban J connectivity index is 3.81. The maximum Gasteiger partial charge on any atom is 0.330 e. The van der Waals surface area contributed by atoms with Gasteiger partial charge in [-0.25, -0.2) is 4.79 Å². The van der Waals surface area contributed by atoms with Gasteiger partial charge in [-0.2, -0.15) is 0 Å². The molecule has 0 aromatic carbocycles. The SMILES string of the molecule is C=C(CCCC(CCCC)[SiH2]OCC)C(=O)O. The first-order valence-corrected chi connectivity index (χ1v) is 7.99. The van der Waals surface area contributed by atoms with Crippen molar-refractivity contribution >= 4 is 15.7 Å². The molecule has 0 fully saturated rings. The Kier molecular flexibility index (Phi) is 10.2. The van der Waals surface area contributed by atoms with E-state index >= 15 is 0 Å². The highest BCUT2D eigenvalue weighted by molar-refractivity contribution is 6.29. The van der Waals surface area contributed by atoms with Gasteiger partial charge in [-0.1, -0.05) is 39.2 Å². The van der Waals surface area contributed by atoms with Crippen molar-refractivity contribution in [2.75, 3.05) is 6.61 Å². The Morgan fingerprint density at radius 1 is 1.35 bits per heavy atom. The summed E-state index contributed by atoms with van der Waals surface area (Å²) in [6.07, 6.45) is 6.35. The van der Waals surface area contributed by atoms with Gasteiger partial charge in [0, 0.05) is 12.2 Å². The van der Waals surface area contributed by atoms with E-state index in [2.05, 4.69) is 13.5 Å². The fourth-order valence-electron chi connectivity index (χ4n) is 1.80. The Labute approximate surface area is 107 Å². The maximum atomic E-state index is 10.6. The van der Waals surface area contributed by atoms with Crippen LogP contribution in [0.4, 0.5) is 0 Å². The third-order valence-corrected chi connectivity index (χ3v) is 4.85. The van der Waals surface area contributed by atoms with Crippen LogP contribution in [-0.4, -0.2) is 27.4 Å². The molecule has 0 heterocycles. The van der Waals surface area contributed by atoms with Gasteiger partial charge in [0.1, 0.15) is 0 Å². The second-order valence-electron chi connectivity index (χ2n) is 4.47. The molecule has 0 saturated carbocycles. The minimum Gasteiger partial charge on any atom is -0.478 e. The van der Waals surface area contributed by atoms with Crippen LogP contribution in [0.15, 0.2) is 12.2 Å². The third-order valence-electron chi connectivity index (χ3n) is 2.92. The lowest BCUT2D eigenvalue weighted by molar-refractivity contribution is -0.132. The highest BCUT2D eigenvalue weighted by atomic mass is 28.2. The topological polar surface area (TPSA) is 46.5 Å². The van der Waals surface area contributed by atoms with E-state index in [4.69, 9.17) is 9.53 Å². The molecule has 17 heavy (non-hydrogen) atoms. The van der Waals surface area contributed by atoms with Crippen LogP contribution in [0, 0.1) is 0 Å². The average Bonchev–Trinajstić information content (AvgIpc) is 2.31. The molecule has 0 spiro atoms. The van der Waals surface area contributed by atoms with Crippen molar-refractivity contribution in [2.24, 2.45) is 0 Å². The fraction of sp³-hybridized carbons (Fsp3) is 0.769. The Morgan fingerprint density at radius 2 is 2.00 bits per heavy atom. The zero-order valence-corrected chi connectivity index (χ0v) is 12.6. The van der Waals surface area contributed by atoms with Crippen molar-refractivity contribution in [1.82, 2.24) is 0 Å². The summed E-state index contributed by atoms with van der Waals surface area (Å²) < 4.78 is 5.60. The number of aliphatic carboxylic acids is 1. The van der Waals surface area contributed by atoms with E-state index in [1.807, 2.05) is 6.92 Å². The zero-order valence-electron chi connectivity index (χ0n) is 11.2. The smallest absolute Gasteiger partial charge is 0.330 e. The molecule has 100 valence electrons. The molecule has 0 radical (unpaired) electrons. The van der Waals surface area contributed by atoms with Crippen molar-refractivity contribution in [3.05, 3.63) is 12.2 Å². The van der Waals surface area contributed by atoms with Crippen LogP contribution in [0.25, 0.3) is 0 Å². The Bertz CT molecular complexity index is 221. The fourth-order valence-corrected chi connectivity index (χ4v) is 3.28. The lowest BCUT2D eigenvalue weighted by Crippen LogP contribution is -2.09. The van der Waals surface area contributed by atoms with E-state index in [0.717, 1.165) is 19.4 Å². The van der Waals surface area contributed by atoms with Crippen molar-refractivity contribution in [2.45, 2.75) is 57.9 Å². The van der Waals surface area contributed by atoms with Gasteiger partial charge in [0.05, 0.1) is 0 Å². The molecule has 0 bridgehead atoms. The maximum absolute atomic E-state index is 10.6. The molecule has 0 amide bonds. The van der Waals surface area contributed by atoms with E-state index < -0.39 is 15.7 Å². The molecule has 4 heteroatoms. The van der Waals surface area contributed by atoms with Crippen LogP contribution in [0.3, 0.4) is 0 Å². The lowest BCUT2D eigenvalue weighted by atomic mass is 10.1. The second-order valence-corrected chi connectivity index (χ2v) is 6.36. The monoisotopic (exact) mass is 258 g/mol. The second kappa shape index (κ2) is 10.5. The highest BCUT2D eigenvalue weighted by Gasteiger charge is 2.11. The van der Waals surface area contributed by atoms with Gasteiger partial charge in [-0.05, 0) is 25.3 Å². The van der Waals surface area contributed by atoms with Crippen molar-refractivity contribution in [3.63, 3.8) is 0 Å². The molecular weight excluding hydrogens is 232 g/mol. The van der Waals surface area contributed by atoms with Crippen LogP contribution in [0.2, 0.25) is 5.54 Å². The third kappa shape index (κ3) is 9.12. The van der Waals surface area contributed by atoms with Gasteiger partial charge in [-0.3, -0.25) is 0 Å². The molecule has 0 aromatic rings. The molecule has 0 aromatic heterocycles. The van der Waals surface area contributed by atoms with E-state index in [-0.39, 0.29) is 0 Å². The minimum absolute atomic E-state index is 0.331. The molecule has 3 nitrogen and oxygen atoms in total. The van der Waals surface area contributed by atoms with Gasteiger partial charge in [0.25, 0.3) is 0 Å². The van der Waals surface area contributed by atoms with E-state index in [1.54, 1.807) is 0 Å². The number of unbranched alkanes of at least 4 members (excludes halogenated alkanes) is 1. The van der Waals surface area contributed by atoms with Crippen LogP contribution >= 0.6 is 0 Å².